The van der Waals surface area contributed by atoms with Crippen LogP contribution < -0.4 is 4.57 Å². The number of carbonyl (C=O) groups excluding carboxylic acids is 1. The number of hydrogen-bond donors (Lipinski definition) is 0. The van der Waals surface area contributed by atoms with Gasteiger partial charge < -0.3 is 0 Å². The Morgan fingerprint density at radius 1 is 0.792 bits per heavy atom. The molecule has 0 spiro atoms. The second-order valence-electron chi connectivity index (χ2n) is 6.21. The number of rotatable bonds is 5. The van der Waals surface area contributed by atoms with Gasteiger partial charge in [0, 0.05) is 18.6 Å². The van der Waals surface area contributed by atoms with Crippen LogP contribution in [0.3, 0.4) is 0 Å². The van der Waals surface area contributed by atoms with E-state index < -0.39 is 0 Å². The van der Waals surface area contributed by atoms with Crippen LogP contribution >= 0.6 is 0 Å². The Morgan fingerprint density at radius 2 is 1.38 bits per heavy atom. The number of nitrogens with zero attached hydrogens (tertiary/aromatic N) is 1. The van der Waals surface area contributed by atoms with Gasteiger partial charge >= 0.3 is 0 Å². The van der Waals surface area contributed by atoms with Gasteiger partial charge in [0.15, 0.2) is 12.4 Å². The minimum Gasteiger partial charge on any atom is -0.292 e. The third kappa shape index (κ3) is 3.77. The SMILES string of the molecule is Cc1cccc(C)c1CC(=O)C[n+]1ccc(-c2ccccc2)cc1. The first-order valence-electron chi connectivity index (χ1n) is 8.25. The van der Waals surface area contributed by atoms with E-state index in [0.29, 0.717) is 13.0 Å². The van der Waals surface area contributed by atoms with Gasteiger partial charge in [-0.25, -0.2) is 0 Å². The quantitative estimate of drug-likeness (QED) is 0.650. The molecule has 3 rings (SSSR count). The molecule has 0 atom stereocenters. The van der Waals surface area contributed by atoms with Crippen LogP contribution in [0.25, 0.3) is 11.1 Å². The van der Waals surface area contributed by atoms with Gasteiger partial charge in [-0.2, -0.15) is 4.57 Å². The zero-order valence-corrected chi connectivity index (χ0v) is 14.2. The predicted octanol–water partition coefficient (Wildman–Crippen LogP) is 4.07. The zero-order chi connectivity index (χ0) is 16.9. The van der Waals surface area contributed by atoms with Crippen molar-refractivity contribution in [2.24, 2.45) is 0 Å². The molecule has 0 aliphatic heterocycles. The minimum absolute atomic E-state index is 0.227. The van der Waals surface area contributed by atoms with Crippen molar-refractivity contribution in [1.29, 1.82) is 0 Å². The fraction of sp³-hybridized carbons (Fsp3) is 0.182. The van der Waals surface area contributed by atoms with Crippen LogP contribution in [-0.4, -0.2) is 5.78 Å². The number of aromatic nitrogens is 1. The highest BCUT2D eigenvalue weighted by Crippen LogP contribution is 2.17. The summed E-state index contributed by atoms with van der Waals surface area (Å²) in [5.41, 5.74) is 5.88. The molecule has 1 aromatic heterocycles. The highest BCUT2D eigenvalue weighted by molar-refractivity contribution is 5.80. The van der Waals surface area contributed by atoms with E-state index in [1.54, 1.807) is 0 Å². The Hall–Kier alpha value is -2.74. The normalized spacial score (nSPS) is 10.6. The van der Waals surface area contributed by atoms with Crippen LogP contribution in [0.5, 0.6) is 0 Å². The lowest BCUT2D eigenvalue weighted by atomic mass is 9.98. The van der Waals surface area contributed by atoms with Crippen molar-refractivity contribution in [3.63, 3.8) is 0 Å². The van der Waals surface area contributed by atoms with Crippen molar-refractivity contribution in [3.05, 3.63) is 89.7 Å². The summed E-state index contributed by atoms with van der Waals surface area (Å²) in [4.78, 5) is 12.4. The van der Waals surface area contributed by atoms with Crippen molar-refractivity contribution in [2.75, 3.05) is 0 Å². The van der Waals surface area contributed by atoms with Crippen molar-refractivity contribution >= 4 is 5.78 Å². The first-order chi connectivity index (χ1) is 11.6. The molecule has 3 aromatic rings. The average molecular weight is 316 g/mol. The standard InChI is InChI=1S/C22H22NO/c1-17-7-6-8-18(2)22(17)15-21(24)16-23-13-11-20(12-14-23)19-9-4-3-5-10-19/h3-14H,15-16H2,1-2H3/q+1. The molecule has 0 fully saturated rings. The zero-order valence-electron chi connectivity index (χ0n) is 14.2. The third-order valence-electron chi connectivity index (χ3n) is 4.38. The molecule has 0 unspecified atom stereocenters. The van der Waals surface area contributed by atoms with Gasteiger partial charge in [-0.15, -0.1) is 0 Å². The van der Waals surface area contributed by atoms with Crippen LogP contribution in [0.15, 0.2) is 73.1 Å². The fourth-order valence-electron chi connectivity index (χ4n) is 2.97. The summed E-state index contributed by atoms with van der Waals surface area (Å²) >= 11 is 0. The van der Waals surface area contributed by atoms with Gasteiger partial charge in [-0.3, -0.25) is 4.79 Å². The van der Waals surface area contributed by atoms with Crippen molar-refractivity contribution in [2.45, 2.75) is 26.8 Å². The monoisotopic (exact) mass is 316 g/mol. The Kier molecular flexibility index (Phi) is 4.85. The lowest BCUT2D eigenvalue weighted by molar-refractivity contribution is -0.684. The maximum Gasteiger partial charge on any atom is 0.206 e. The van der Waals surface area contributed by atoms with Gasteiger partial charge in [0.1, 0.15) is 0 Å². The van der Waals surface area contributed by atoms with Crippen molar-refractivity contribution in [3.8, 4) is 11.1 Å². The molecule has 120 valence electrons. The molecule has 0 bridgehead atoms. The summed E-state index contributed by atoms with van der Waals surface area (Å²) in [5, 5.41) is 0. The molecule has 0 N–H and O–H groups in total. The molecule has 0 aliphatic rings. The minimum atomic E-state index is 0.227. The highest BCUT2D eigenvalue weighted by atomic mass is 16.1. The Bertz CT molecular complexity index is 815. The number of pyridine rings is 1. The van der Waals surface area contributed by atoms with E-state index in [2.05, 4.69) is 50.2 Å². The average Bonchev–Trinajstić information content (AvgIpc) is 2.60. The first kappa shape index (κ1) is 16.1. The van der Waals surface area contributed by atoms with Gasteiger partial charge in [0.25, 0.3) is 0 Å². The van der Waals surface area contributed by atoms with Crippen LogP contribution in [0.1, 0.15) is 16.7 Å². The van der Waals surface area contributed by atoms with E-state index >= 15 is 0 Å². The molecule has 1 heterocycles. The highest BCUT2D eigenvalue weighted by Gasteiger charge is 2.13. The van der Waals surface area contributed by atoms with E-state index in [9.17, 15) is 4.79 Å². The Morgan fingerprint density at radius 3 is 2.00 bits per heavy atom. The number of Topliss-reactive ketones (excluding diaryl/α,β-unsaturated/α-hetero) is 1. The van der Waals surface area contributed by atoms with Crippen molar-refractivity contribution in [1.82, 2.24) is 0 Å². The molecular weight excluding hydrogens is 294 g/mol. The topological polar surface area (TPSA) is 20.9 Å². The van der Waals surface area contributed by atoms with Gasteiger partial charge in [0.05, 0.1) is 0 Å². The number of ketones is 1. The second kappa shape index (κ2) is 7.22. The Labute approximate surface area is 143 Å². The predicted molar refractivity (Wildman–Crippen MR) is 96.7 cm³/mol. The number of aryl methyl sites for hydroxylation is 2. The van der Waals surface area contributed by atoms with Crippen LogP contribution in [-0.2, 0) is 17.8 Å². The number of benzene rings is 2. The molecule has 0 saturated heterocycles. The summed E-state index contributed by atoms with van der Waals surface area (Å²) < 4.78 is 1.95. The van der Waals surface area contributed by atoms with Gasteiger partial charge in [-0.1, -0.05) is 48.5 Å². The number of hydrogen-bond acceptors (Lipinski definition) is 1. The van der Waals surface area contributed by atoms with E-state index in [0.717, 1.165) is 11.1 Å². The molecule has 0 saturated carbocycles. The molecular formula is C22H22NO+. The first-order valence-corrected chi connectivity index (χ1v) is 8.25. The Balaban J connectivity index is 1.69. The molecule has 0 radical (unpaired) electrons. The molecule has 0 aliphatic carbocycles. The van der Waals surface area contributed by atoms with Crippen LogP contribution in [0, 0.1) is 13.8 Å². The third-order valence-corrected chi connectivity index (χ3v) is 4.38. The molecule has 24 heavy (non-hydrogen) atoms. The van der Waals surface area contributed by atoms with E-state index in [1.807, 2.05) is 41.2 Å². The lowest BCUT2D eigenvalue weighted by Gasteiger charge is -2.07. The van der Waals surface area contributed by atoms with Gasteiger partial charge in [0.2, 0.25) is 12.3 Å². The lowest BCUT2D eigenvalue weighted by Crippen LogP contribution is -2.37. The number of carbonyl (C=O) groups is 1. The van der Waals surface area contributed by atoms with E-state index in [1.165, 1.54) is 16.7 Å². The van der Waals surface area contributed by atoms with E-state index in [4.69, 9.17) is 0 Å². The smallest absolute Gasteiger partial charge is 0.206 e. The van der Waals surface area contributed by atoms with Crippen LogP contribution in [0.2, 0.25) is 0 Å². The largest absolute Gasteiger partial charge is 0.292 e. The summed E-state index contributed by atoms with van der Waals surface area (Å²) in [6, 6.07) is 20.5. The summed E-state index contributed by atoms with van der Waals surface area (Å²) in [5.74, 6) is 0.227. The molecule has 2 nitrogen and oxygen atoms in total. The second-order valence-corrected chi connectivity index (χ2v) is 6.21. The molecule has 2 aromatic carbocycles. The molecule has 2 heteroatoms. The maximum atomic E-state index is 12.4. The summed E-state index contributed by atoms with van der Waals surface area (Å²) in [6.45, 7) is 4.54. The van der Waals surface area contributed by atoms with Gasteiger partial charge in [-0.05, 0) is 41.7 Å². The maximum absolute atomic E-state index is 12.4. The summed E-state index contributed by atoms with van der Waals surface area (Å²) in [7, 11) is 0. The van der Waals surface area contributed by atoms with Crippen LogP contribution in [0.4, 0.5) is 0 Å². The van der Waals surface area contributed by atoms with Crippen molar-refractivity contribution < 1.29 is 9.36 Å². The summed E-state index contributed by atoms with van der Waals surface area (Å²) in [6.07, 6.45) is 4.45. The fourth-order valence-corrected chi connectivity index (χ4v) is 2.97. The molecule has 0 amide bonds. The van der Waals surface area contributed by atoms with E-state index in [-0.39, 0.29) is 5.78 Å².